The van der Waals surface area contributed by atoms with E-state index < -0.39 is 33.9 Å². The highest BCUT2D eigenvalue weighted by molar-refractivity contribution is 7.86. The molecule has 6 nitrogen and oxygen atoms in total. The second-order valence-corrected chi connectivity index (χ2v) is 6.76. The van der Waals surface area contributed by atoms with E-state index in [4.69, 9.17) is 5.11 Å². The standard InChI is InChI=1S/C14H16FNO5S/c15-22(20,21)9-10-6-13(17)16(8-10)12(7-14(18)19)11-4-2-1-3-5-11/h1-5,10,12H,6-9H2,(H,18,19). The molecule has 0 radical (unpaired) electrons. The van der Waals surface area contributed by atoms with Gasteiger partial charge in [0.15, 0.2) is 0 Å². The average Bonchev–Trinajstić information content (AvgIpc) is 2.75. The van der Waals surface area contributed by atoms with Crippen LogP contribution in [0.4, 0.5) is 3.89 Å². The van der Waals surface area contributed by atoms with Crippen molar-refractivity contribution in [3.05, 3.63) is 35.9 Å². The largest absolute Gasteiger partial charge is 0.481 e. The van der Waals surface area contributed by atoms with Gasteiger partial charge in [-0.15, -0.1) is 3.89 Å². The number of nitrogens with zero attached hydrogens (tertiary/aromatic N) is 1. The lowest BCUT2D eigenvalue weighted by molar-refractivity contribution is -0.139. The topological polar surface area (TPSA) is 91.8 Å². The van der Waals surface area contributed by atoms with Crippen molar-refractivity contribution in [2.24, 2.45) is 5.92 Å². The lowest BCUT2D eigenvalue weighted by atomic mass is 10.0. The summed E-state index contributed by atoms with van der Waals surface area (Å²) < 4.78 is 34.2. The first kappa shape index (κ1) is 16.4. The summed E-state index contributed by atoms with van der Waals surface area (Å²) >= 11 is 0. The molecule has 0 aromatic heterocycles. The molecule has 1 fully saturated rings. The van der Waals surface area contributed by atoms with E-state index in [-0.39, 0.29) is 25.3 Å². The molecule has 0 saturated carbocycles. The molecular weight excluding hydrogens is 313 g/mol. The molecule has 1 aromatic rings. The quantitative estimate of drug-likeness (QED) is 0.796. The number of carboxylic acid groups (broad SMARTS) is 1. The third-order valence-electron chi connectivity index (χ3n) is 3.60. The molecule has 1 aromatic carbocycles. The van der Waals surface area contributed by atoms with E-state index in [0.717, 1.165) is 0 Å². The molecule has 2 atom stereocenters. The second kappa shape index (κ2) is 6.43. The number of rotatable bonds is 6. The van der Waals surface area contributed by atoms with Gasteiger partial charge in [0.2, 0.25) is 5.91 Å². The van der Waals surface area contributed by atoms with Gasteiger partial charge in [-0.05, 0) is 5.56 Å². The summed E-state index contributed by atoms with van der Waals surface area (Å²) in [5, 5.41) is 9.05. The molecule has 1 saturated heterocycles. The average molecular weight is 329 g/mol. The molecule has 1 heterocycles. The van der Waals surface area contributed by atoms with E-state index in [1.807, 2.05) is 0 Å². The van der Waals surface area contributed by atoms with Crippen LogP contribution in [0.5, 0.6) is 0 Å². The molecule has 1 amide bonds. The van der Waals surface area contributed by atoms with Gasteiger partial charge in [-0.25, -0.2) is 0 Å². The van der Waals surface area contributed by atoms with Gasteiger partial charge in [-0.1, -0.05) is 30.3 Å². The molecule has 1 aliphatic rings. The second-order valence-electron chi connectivity index (χ2n) is 5.35. The maximum absolute atomic E-state index is 12.8. The third kappa shape index (κ3) is 4.27. The Hall–Kier alpha value is -1.96. The SMILES string of the molecule is O=C(O)CC(c1ccccc1)N1CC(CS(=O)(=O)F)CC1=O. The summed E-state index contributed by atoms with van der Waals surface area (Å²) in [5.41, 5.74) is 0.655. The maximum Gasteiger partial charge on any atom is 0.305 e. The first-order chi connectivity index (χ1) is 10.3. The van der Waals surface area contributed by atoms with E-state index in [1.165, 1.54) is 4.90 Å². The Bertz CT molecular complexity index is 661. The molecule has 120 valence electrons. The monoisotopic (exact) mass is 329 g/mol. The van der Waals surface area contributed by atoms with Crippen molar-refractivity contribution < 1.29 is 27.0 Å². The van der Waals surface area contributed by atoms with Gasteiger partial charge in [0.05, 0.1) is 18.2 Å². The van der Waals surface area contributed by atoms with Crippen LogP contribution in [0.15, 0.2) is 30.3 Å². The number of likely N-dealkylation sites (tertiary alicyclic amines) is 1. The minimum Gasteiger partial charge on any atom is -0.481 e. The Morgan fingerprint density at radius 3 is 2.55 bits per heavy atom. The maximum atomic E-state index is 12.8. The van der Waals surface area contributed by atoms with Crippen molar-refractivity contribution in [1.82, 2.24) is 4.90 Å². The molecule has 0 spiro atoms. The zero-order valence-corrected chi connectivity index (χ0v) is 12.5. The van der Waals surface area contributed by atoms with E-state index in [1.54, 1.807) is 30.3 Å². The summed E-state index contributed by atoms with van der Waals surface area (Å²) in [7, 11) is -4.66. The van der Waals surface area contributed by atoms with Crippen molar-refractivity contribution in [1.29, 1.82) is 0 Å². The summed E-state index contributed by atoms with van der Waals surface area (Å²) in [5.74, 6) is -2.79. The summed E-state index contributed by atoms with van der Waals surface area (Å²) in [4.78, 5) is 24.5. The van der Waals surface area contributed by atoms with Gasteiger partial charge in [0.25, 0.3) is 0 Å². The number of hydrogen-bond acceptors (Lipinski definition) is 4. The van der Waals surface area contributed by atoms with Gasteiger partial charge in [0.1, 0.15) is 0 Å². The summed E-state index contributed by atoms with van der Waals surface area (Å²) in [6.45, 7) is 0.0365. The Kier molecular flexibility index (Phi) is 4.80. The zero-order chi connectivity index (χ0) is 16.3. The van der Waals surface area contributed by atoms with Crippen LogP contribution in [0.3, 0.4) is 0 Å². The van der Waals surface area contributed by atoms with Crippen molar-refractivity contribution in [2.75, 3.05) is 12.3 Å². The van der Waals surface area contributed by atoms with E-state index in [9.17, 15) is 21.9 Å². The first-order valence-corrected chi connectivity index (χ1v) is 8.30. The number of carboxylic acids is 1. The Labute approximate surface area is 127 Å². The van der Waals surface area contributed by atoms with E-state index >= 15 is 0 Å². The van der Waals surface area contributed by atoms with Crippen molar-refractivity contribution in [2.45, 2.75) is 18.9 Å². The van der Waals surface area contributed by atoms with Crippen LogP contribution in [0.25, 0.3) is 0 Å². The predicted molar refractivity (Wildman–Crippen MR) is 76.2 cm³/mol. The predicted octanol–water partition coefficient (Wildman–Crippen LogP) is 1.35. The lowest BCUT2D eigenvalue weighted by Gasteiger charge is -2.27. The molecule has 8 heteroatoms. The van der Waals surface area contributed by atoms with Crippen LogP contribution in [0, 0.1) is 5.92 Å². The smallest absolute Gasteiger partial charge is 0.305 e. The Morgan fingerprint density at radius 2 is 2.00 bits per heavy atom. The normalized spacial score (nSPS) is 20.1. The van der Waals surface area contributed by atoms with Crippen molar-refractivity contribution in [3.63, 3.8) is 0 Å². The fraction of sp³-hybridized carbons (Fsp3) is 0.429. The van der Waals surface area contributed by atoms with E-state index in [0.29, 0.717) is 5.56 Å². The molecule has 0 bridgehead atoms. The Morgan fingerprint density at radius 1 is 1.36 bits per heavy atom. The van der Waals surface area contributed by atoms with Gasteiger partial charge >= 0.3 is 16.2 Å². The minimum atomic E-state index is -4.66. The van der Waals surface area contributed by atoms with Crippen LogP contribution in [0.1, 0.15) is 24.4 Å². The van der Waals surface area contributed by atoms with Gasteiger partial charge in [-0.3, -0.25) is 9.59 Å². The summed E-state index contributed by atoms with van der Waals surface area (Å²) in [6.07, 6.45) is -0.378. The minimum absolute atomic E-state index is 0.0365. The molecular formula is C14H16FNO5S. The van der Waals surface area contributed by atoms with Crippen LogP contribution in [-0.4, -0.2) is 42.6 Å². The van der Waals surface area contributed by atoms with Crippen LogP contribution >= 0.6 is 0 Å². The van der Waals surface area contributed by atoms with Gasteiger partial charge < -0.3 is 10.0 Å². The third-order valence-corrected chi connectivity index (χ3v) is 4.47. The van der Waals surface area contributed by atoms with Gasteiger partial charge in [0, 0.05) is 18.9 Å². The number of amides is 1. The van der Waals surface area contributed by atoms with Gasteiger partial charge in [-0.2, -0.15) is 8.42 Å². The highest BCUT2D eigenvalue weighted by Gasteiger charge is 2.37. The molecule has 2 rings (SSSR count). The lowest BCUT2D eigenvalue weighted by Crippen LogP contribution is -2.32. The zero-order valence-electron chi connectivity index (χ0n) is 11.7. The number of halogens is 1. The summed E-state index contributed by atoms with van der Waals surface area (Å²) in [6, 6.07) is 7.97. The highest BCUT2D eigenvalue weighted by atomic mass is 32.3. The van der Waals surface area contributed by atoms with Crippen LogP contribution < -0.4 is 0 Å². The van der Waals surface area contributed by atoms with Crippen LogP contribution in [0.2, 0.25) is 0 Å². The number of aliphatic carboxylic acids is 1. The fourth-order valence-corrected chi connectivity index (χ4v) is 3.54. The number of benzene rings is 1. The molecule has 1 N–H and O–H groups in total. The molecule has 22 heavy (non-hydrogen) atoms. The first-order valence-electron chi connectivity index (χ1n) is 6.75. The van der Waals surface area contributed by atoms with E-state index in [2.05, 4.69) is 0 Å². The number of carbonyl (C=O) groups is 2. The van der Waals surface area contributed by atoms with Crippen LogP contribution in [-0.2, 0) is 19.8 Å². The molecule has 0 aliphatic carbocycles. The molecule has 1 aliphatic heterocycles. The number of hydrogen-bond donors (Lipinski definition) is 1. The van der Waals surface area contributed by atoms with Crippen molar-refractivity contribution >= 4 is 22.1 Å². The number of carbonyl (C=O) groups excluding carboxylic acids is 1. The highest BCUT2D eigenvalue weighted by Crippen LogP contribution is 2.31. The fourth-order valence-electron chi connectivity index (χ4n) is 2.75. The van der Waals surface area contributed by atoms with Crippen molar-refractivity contribution in [3.8, 4) is 0 Å². The Balaban J connectivity index is 2.21. The molecule has 2 unspecified atom stereocenters.